The molecule has 0 aliphatic heterocycles. The number of allylic oxidation sites excluding steroid dienone is 2. The molecule has 3 aromatic carbocycles. The molecule has 0 fully saturated rings. The van der Waals surface area contributed by atoms with E-state index >= 15 is 0 Å². The van der Waals surface area contributed by atoms with Gasteiger partial charge in [0.2, 0.25) is 0 Å². The fraction of sp³-hybridized carbons (Fsp3) is 0.148. The van der Waals surface area contributed by atoms with Crippen molar-refractivity contribution < 1.29 is 14.3 Å². The molecule has 4 nitrogen and oxygen atoms in total. The summed E-state index contributed by atoms with van der Waals surface area (Å²) in [4.78, 5) is 27.0. The molecule has 152 valence electrons. The lowest BCUT2D eigenvalue weighted by Gasteiger charge is -2.31. The van der Waals surface area contributed by atoms with Crippen LogP contribution in [-0.4, -0.2) is 18.7 Å². The minimum Gasteiger partial charge on any atom is -0.497 e. The van der Waals surface area contributed by atoms with Gasteiger partial charge in [0.25, 0.3) is 0 Å². The van der Waals surface area contributed by atoms with Crippen molar-refractivity contribution in [3.05, 3.63) is 107 Å². The molecule has 0 aromatic heterocycles. The average Bonchev–Trinajstić information content (AvgIpc) is 2.84. The van der Waals surface area contributed by atoms with Crippen molar-refractivity contribution in [3.8, 4) is 11.8 Å². The van der Waals surface area contributed by atoms with Gasteiger partial charge in [0, 0.05) is 11.5 Å². The first-order valence-corrected chi connectivity index (χ1v) is 10.1. The summed E-state index contributed by atoms with van der Waals surface area (Å²) < 4.78 is 5.26. The highest BCUT2D eigenvalue weighted by Crippen LogP contribution is 2.44. The topological polar surface area (TPSA) is 67.2 Å². The number of hydrogen-bond acceptors (Lipinski definition) is 4. The predicted molar refractivity (Wildman–Crippen MR) is 119 cm³/mol. The summed E-state index contributed by atoms with van der Waals surface area (Å²) in [5.74, 6) is -1.29. The van der Waals surface area contributed by atoms with Gasteiger partial charge in [0.1, 0.15) is 11.8 Å². The van der Waals surface area contributed by atoms with E-state index in [9.17, 15) is 14.9 Å². The van der Waals surface area contributed by atoms with E-state index in [1.807, 2.05) is 60.7 Å². The number of carbonyl (C=O) groups is 2. The highest BCUT2D eigenvalue weighted by atomic mass is 16.5. The molecule has 0 amide bonds. The molecule has 4 rings (SSSR count). The monoisotopic (exact) mass is 407 g/mol. The Morgan fingerprint density at radius 1 is 0.935 bits per heavy atom. The third-order valence-corrected chi connectivity index (χ3v) is 5.78. The van der Waals surface area contributed by atoms with Crippen molar-refractivity contribution in [2.75, 3.05) is 7.11 Å². The lowest BCUT2D eigenvalue weighted by molar-refractivity contribution is -0.118. The van der Waals surface area contributed by atoms with E-state index in [1.165, 1.54) is 0 Å². The van der Waals surface area contributed by atoms with Crippen LogP contribution in [0.5, 0.6) is 5.75 Å². The Hall–Kier alpha value is -3.97. The Balaban J connectivity index is 1.86. The summed E-state index contributed by atoms with van der Waals surface area (Å²) in [5, 5.41) is 9.83. The molecular formula is C27H21NO3. The number of nitrogens with zero attached hydrogens (tertiary/aromatic N) is 1. The van der Waals surface area contributed by atoms with Gasteiger partial charge in [-0.15, -0.1) is 0 Å². The normalized spacial score (nSPS) is 18.4. The number of ether oxygens (including phenoxy) is 1. The van der Waals surface area contributed by atoms with Gasteiger partial charge in [-0.1, -0.05) is 72.8 Å². The zero-order valence-corrected chi connectivity index (χ0v) is 17.1. The summed E-state index contributed by atoms with van der Waals surface area (Å²) in [5.41, 5.74) is 2.93. The Kier molecular flexibility index (Phi) is 5.77. The molecule has 31 heavy (non-hydrogen) atoms. The number of ketones is 2. The van der Waals surface area contributed by atoms with E-state index in [0.29, 0.717) is 23.3 Å². The van der Waals surface area contributed by atoms with Crippen molar-refractivity contribution >= 4 is 17.1 Å². The van der Waals surface area contributed by atoms with Crippen LogP contribution in [0, 0.1) is 17.2 Å². The lowest BCUT2D eigenvalue weighted by Crippen LogP contribution is -2.35. The molecule has 1 aliphatic carbocycles. The van der Waals surface area contributed by atoms with Crippen LogP contribution < -0.4 is 4.74 Å². The van der Waals surface area contributed by atoms with Crippen LogP contribution in [0.25, 0.3) is 5.57 Å². The molecule has 4 heteroatoms. The fourth-order valence-electron chi connectivity index (χ4n) is 4.20. The van der Waals surface area contributed by atoms with Crippen LogP contribution in [0.4, 0.5) is 0 Å². The van der Waals surface area contributed by atoms with Crippen molar-refractivity contribution in [2.45, 2.75) is 12.3 Å². The Bertz CT molecular complexity index is 1170. The van der Waals surface area contributed by atoms with E-state index in [1.54, 1.807) is 31.4 Å². The standard InChI is InChI=1S/C27H21NO3/c1-31-21-14-12-19(13-15-21)23-16-22(18-8-4-2-5-9-18)24(17-28)27(30)25(23)26(29)20-10-6-3-7-11-20/h2-15,23,25H,16H2,1H3/t23-,25-/m0/s1. The maximum Gasteiger partial charge on any atom is 0.185 e. The molecule has 0 heterocycles. The summed E-state index contributed by atoms with van der Waals surface area (Å²) in [7, 11) is 1.59. The van der Waals surface area contributed by atoms with Crippen LogP contribution in [0.3, 0.4) is 0 Å². The molecule has 1 aliphatic rings. The fourth-order valence-corrected chi connectivity index (χ4v) is 4.20. The highest BCUT2D eigenvalue weighted by molar-refractivity contribution is 6.21. The first-order valence-electron chi connectivity index (χ1n) is 10.1. The van der Waals surface area contributed by atoms with Gasteiger partial charge in [-0.25, -0.2) is 0 Å². The zero-order valence-electron chi connectivity index (χ0n) is 17.1. The van der Waals surface area contributed by atoms with Gasteiger partial charge in [0.05, 0.1) is 18.6 Å². The second-order valence-electron chi connectivity index (χ2n) is 7.49. The Labute approximate surface area is 181 Å². The Morgan fingerprint density at radius 2 is 1.55 bits per heavy atom. The molecule has 0 N–H and O–H groups in total. The molecule has 0 saturated carbocycles. The number of carbonyl (C=O) groups excluding carboxylic acids is 2. The molecule has 0 saturated heterocycles. The van der Waals surface area contributed by atoms with Crippen LogP contribution in [0.15, 0.2) is 90.5 Å². The van der Waals surface area contributed by atoms with Crippen molar-refractivity contribution in [3.63, 3.8) is 0 Å². The molecule has 3 aromatic rings. The van der Waals surface area contributed by atoms with Crippen LogP contribution in [0.2, 0.25) is 0 Å². The van der Waals surface area contributed by atoms with E-state index in [-0.39, 0.29) is 17.3 Å². The summed E-state index contributed by atoms with van der Waals surface area (Å²) >= 11 is 0. The minimum atomic E-state index is -0.946. The Morgan fingerprint density at radius 3 is 2.13 bits per heavy atom. The summed E-state index contributed by atoms with van der Waals surface area (Å²) in [6, 6.07) is 27.8. The van der Waals surface area contributed by atoms with E-state index in [0.717, 1.165) is 11.1 Å². The largest absolute Gasteiger partial charge is 0.497 e. The molecule has 0 radical (unpaired) electrons. The van der Waals surface area contributed by atoms with Gasteiger partial charge < -0.3 is 4.74 Å². The quantitative estimate of drug-likeness (QED) is 0.429. The smallest absolute Gasteiger partial charge is 0.185 e. The van der Waals surface area contributed by atoms with Crippen LogP contribution in [-0.2, 0) is 4.79 Å². The van der Waals surface area contributed by atoms with E-state index in [2.05, 4.69) is 6.07 Å². The number of methoxy groups -OCH3 is 1. The molecule has 0 bridgehead atoms. The highest BCUT2D eigenvalue weighted by Gasteiger charge is 2.43. The number of nitriles is 1. The SMILES string of the molecule is COc1ccc([C@@H]2CC(c3ccccc3)=C(C#N)C(=O)[C@@H]2C(=O)c2ccccc2)cc1. The van der Waals surface area contributed by atoms with Gasteiger partial charge >= 0.3 is 0 Å². The summed E-state index contributed by atoms with van der Waals surface area (Å²) in [6.07, 6.45) is 0.425. The molecule has 0 unspecified atom stereocenters. The number of rotatable bonds is 5. The second kappa shape index (κ2) is 8.81. The molecular weight excluding hydrogens is 386 g/mol. The van der Waals surface area contributed by atoms with Gasteiger partial charge in [-0.3, -0.25) is 9.59 Å². The molecule has 0 spiro atoms. The minimum absolute atomic E-state index is 0.0743. The van der Waals surface area contributed by atoms with Crippen LogP contribution in [0.1, 0.15) is 33.8 Å². The third-order valence-electron chi connectivity index (χ3n) is 5.78. The summed E-state index contributed by atoms with van der Waals surface area (Å²) in [6.45, 7) is 0. The van der Waals surface area contributed by atoms with Gasteiger partial charge in [0.15, 0.2) is 11.6 Å². The number of Topliss-reactive ketones (excluding diaryl/α,β-unsaturated/α-hetero) is 2. The lowest BCUT2D eigenvalue weighted by atomic mass is 9.68. The van der Waals surface area contributed by atoms with Crippen LogP contribution >= 0.6 is 0 Å². The zero-order chi connectivity index (χ0) is 21.8. The number of hydrogen-bond donors (Lipinski definition) is 0. The number of benzene rings is 3. The first kappa shape index (κ1) is 20.3. The van der Waals surface area contributed by atoms with E-state index < -0.39 is 11.7 Å². The van der Waals surface area contributed by atoms with Crippen molar-refractivity contribution in [1.82, 2.24) is 0 Å². The second-order valence-corrected chi connectivity index (χ2v) is 7.49. The first-order chi connectivity index (χ1) is 15.1. The van der Waals surface area contributed by atoms with Gasteiger partial charge in [-0.2, -0.15) is 5.26 Å². The van der Waals surface area contributed by atoms with Crippen molar-refractivity contribution in [2.24, 2.45) is 5.92 Å². The third kappa shape index (κ3) is 3.91. The maximum atomic E-state index is 13.5. The molecule has 2 atom stereocenters. The van der Waals surface area contributed by atoms with Gasteiger partial charge in [-0.05, 0) is 35.3 Å². The average molecular weight is 407 g/mol. The predicted octanol–water partition coefficient (Wildman–Crippen LogP) is 5.23. The maximum absolute atomic E-state index is 13.5. The van der Waals surface area contributed by atoms with E-state index in [4.69, 9.17) is 4.74 Å². The van der Waals surface area contributed by atoms with Crippen molar-refractivity contribution in [1.29, 1.82) is 5.26 Å².